The molecule has 6 aromatic carbocycles. The molecule has 0 amide bonds. The van der Waals surface area contributed by atoms with Crippen LogP contribution in [0.3, 0.4) is 0 Å². The van der Waals surface area contributed by atoms with Gasteiger partial charge in [0.15, 0.2) is 17.5 Å². The molecule has 1 heterocycles. The quantitative estimate of drug-likeness (QED) is 0.210. The van der Waals surface area contributed by atoms with Gasteiger partial charge in [0.2, 0.25) is 0 Å². The second kappa shape index (κ2) is 11.3. The smallest absolute Gasteiger partial charge is 0.164 e. The molecule has 7 aromatic rings. The highest BCUT2D eigenvalue weighted by atomic mass is 15.0. The van der Waals surface area contributed by atoms with Crippen molar-refractivity contribution in [3.8, 4) is 56.4 Å². The van der Waals surface area contributed by atoms with Gasteiger partial charge in [-0.25, -0.2) is 15.0 Å². The van der Waals surface area contributed by atoms with Crippen molar-refractivity contribution in [2.75, 3.05) is 0 Å². The summed E-state index contributed by atoms with van der Waals surface area (Å²) in [4.78, 5) is 14.9. The first-order valence-corrected chi connectivity index (χ1v) is 15.1. The molecule has 1 aliphatic rings. The maximum atomic E-state index is 8.63. The van der Waals surface area contributed by atoms with Gasteiger partial charge in [0, 0.05) is 22.3 Å². The summed E-state index contributed by atoms with van der Waals surface area (Å²) in [6, 6.07) is 47.3. The van der Waals surface area contributed by atoms with Crippen LogP contribution in [0.25, 0.3) is 73.3 Å². The minimum atomic E-state index is 0.224. The summed E-state index contributed by atoms with van der Waals surface area (Å²) in [5.41, 5.74) is 9.21. The van der Waals surface area contributed by atoms with E-state index in [4.69, 9.17) is 25.8 Å². The van der Waals surface area contributed by atoms with Crippen molar-refractivity contribution in [1.82, 2.24) is 15.0 Å². The largest absolute Gasteiger partial charge is 0.299 e. The summed E-state index contributed by atoms with van der Waals surface area (Å²) in [5, 5.41) is 18.9. The van der Waals surface area contributed by atoms with Crippen LogP contribution in [0.1, 0.15) is 11.1 Å². The Morgan fingerprint density at radius 2 is 0.891 bits per heavy atom. The molecule has 5 nitrogen and oxygen atoms in total. The number of nitrogens with zero attached hydrogens (tertiary/aromatic N) is 3. The van der Waals surface area contributed by atoms with E-state index in [1.54, 1.807) is 6.08 Å². The average molecular weight is 590 g/mol. The highest BCUT2D eigenvalue weighted by molar-refractivity contribution is 6.53. The van der Waals surface area contributed by atoms with Crippen LogP contribution in [0.15, 0.2) is 146 Å². The van der Waals surface area contributed by atoms with E-state index in [-0.39, 0.29) is 11.4 Å². The number of allylic oxidation sites excluding steroid dienone is 1. The summed E-state index contributed by atoms with van der Waals surface area (Å²) in [6.07, 6.45) is 3.61. The molecular weight excluding hydrogens is 562 g/mol. The van der Waals surface area contributed by atoms with Crippen LogP contribution in [0.4, 0.5) is 0 Å². The lowest BCUT2D eigenvalue weighted by Gasteiger charge is -2.16. The normalized spacial score (nSPS) is 12.3. The third-order valence-electron chi connectivity index (χ3n) is 8.35. The monoisotopic (exact) mass is 589 g/mol. The van der Waals surface area contributed by atoms with Crippen LogP contribution in [0.2, 0.25) is 0 Å². The third kappa shape index (κ3) is 5.00. The van der Waals surface area contributed by atoms with Gasteiger partial charge in [-0.2, -0.15) is 0 Å². The van der Waals surface area contributed by atoms with Gasteiger partial charge in [0.05, 0.1) is 11.4 Å². The van der Waals surface area contributed by atoms with Crippen molar-refractivity contribution < 1.29 is 0 Å². The Morgan fingerprint density at radius 1 is 0.391 bits per heavy atom. The molecule has 0 spiro atoms. The van der Waals surface area contributed by atoms with Gasteiger partial charge in [-0.05, 0) is 62.9 Å². The van der Waals surface area contributed by atoms with E-state index in [2.05, 4.69) is 60.7 Å². The first-order valence-electron chi connectivity index (χ1n) is 15.1. The number of benzene rings is 6. The molecule has 1 aliphatic carbocycles. The maximum Gasteiger partial charge on any atom is 0.164 e. The fourth-order valence-corrected chi connectivity index (χ4v) is 5.98. The minimum Gasteiger partial charge on any atom is -0.299 e. The van der Waals surface area contributed by atoms with Crippen molar-refractivity contribution in [2.24, 2.45) is 0 Å². The molecular formula is C41H27N5. The molecule has 0 aliphatic heterocycles. The molecule has 0 saturated heterocycles. The number of rotatable bonds is 5. The molecule has 5 heteroatoms. The van der Waals surface area contributed by atoms with E-state index in [9.17, 15) is 0 Å². The SMILES string of the molecule is N=C1C=Cc2ccc3ccc(-c4cccc(-c5nc(-c6ccccc6)nc(-c6cccc(-c7ccccc7)c6)n5)c4)cc3c2C1=N. The molecule has 0 radical (unpaired) electrons. The molecule has 0 fully saturated rings. The Kier molecular flexibility index (Phi) is 6.69. The van der Waals surface area contributed by atoms with Crippen LogP contribution in [0.5, 0.6) is 0 Å². The molecule has 1 aromatic heterocycles. The second-order valence-electron chi connectivity index (χ2n) is 11.3. The van der Waals surface area contributed by atoms with Crippen LogP contribution in [-0.2, 0) is 0 Å². The molecule has 0 bridgehead atoms. The first kappa shape index (κ1) is 27.2. The zero-order chi connectivity index (χ0) is 31.0. The van der Waals surface area contributed by atoms with E-state index < -0.39 is 0 Å². The average Bonchev–Trinajstić information content (AvgIpc) is 3.13. The standard InChI is InChI=1S/C41H27N5/c42-36-22-21-28-19-17-27-18-20-32(25-35(27)37(28)38(36)43)31-14-8-16-34(24-31)41-45-39(29-11-5-2-6-12-29)44-40(46-41)33-15-7-13-30(23-33)26-9-3-1-4-10-26/h1-25,42-43H. The number of fused-ring (bicyclic) bond motifs is 3. The third-order valence-corrected chi connectivity index (χ3v) is 8.35. The van der Waals surface area contributed by atoms with Crippen LogP contribution < -0.4 is 0 Å². The van der Waals surface area contributed by atoms with Gasteiger partial charge in [-0.3, -0.25) is 10.8 Å². The molecule has 2 N–H and O–H groups in total. The Balaban J connectivity index is 1.25. The molecule has 216 valence electrons. The van der Waals surface area contributed by atoms with Gasteiger partial charge in [-0.1, -0.05) is 127 Å². The highest BCUT2D eigenvalue weighted by Gasteiger charge is 2.18. The van der Waals surface area contributed by atoms with E-state index in [0.29, 0.717) is 17.5 Å². The maximum absolute atomic E-state index is 8.63. The van der Waals surface area contributed by atoms with Gasteiger partial charge < -0.3 is 0 Å². The number of hydrogen-bond donors (Lipinski definition) is 2. The molecule has 8 rings (SSSR count). The topological polar surface area (TPSA) is 86.4 Å². The first-order chi connectivity index (χ1) is 22.6. The van der Waals surface area contributed by atoms with E-state index in [0.717, 1.165) is 60.8 Å². The Hall–Kier alpha value is -6.33. The number of hydrogen-bond acceptors (Lipinski definition) is 5. The van der Waals surface area contributed by atoms with Crippen molar-refractivity contribution in [3.63, 3.8) is 0 Å². The van der Waals surface area contributed by atoms with Crippen LogP contribution in [-0.4, -0.2) is 26.4 Å². The van der Waals surface area contributed by atoms with Gasteiger partial charge in [0.25, 0.3) is 0 Å². The Morgan fingerprint density at radius 3 is 1.54 bits per heavy atom. The van der Waals surface area contributed by atoms with Crippen molar-refractivity contribution in [1.29, 1.82) is 10.8 Å². The summed E-state index contributed by atoms with van der Waals surface area (Å²) >= 11 is 0. The fourth-order valence-electron chi connectivity index (χ4n) is 5.98. The zero-order valence-electron chi connectivity index (χ0n) is 24.8. The second-order valence-corrected chi connectivity index (χ2v) is 11.3. The lowest BCUT2D eigenvalue weighted by atomic mass is 9.88. The molecule has 46 heavy (non-hydrogen) atoms. The van der Waals surface area contributed by atoms with E-state index in [1.165, 1.54) is 0 Å². The summed E-state index contributed by atoms with van der Waals surface area (Å²) < 4.78 is 0. The van der Waals surface area contributed by atoms with Crippen molar-refractivity contribution in [3.05, 3.63) is 157 Å². The van der Waals surface area contributed by atoms with E-state index in [1.807, 2.05) is 84.9 Å². The number of aromatic nitrogens is 3. The van der Waals surface area contributed by atoms with Crippen LogP contribution in [0, 0.1) is 10.8 Å². The number of nitrogens with one attached hydrogen (secondary N) is 2. The predicted octanol–water partition coefficient (Wildman–Crippen LogP) is 9.77. The summed E-state index contributed by atoms with van der Waals surface area (Å²) in [6.45, 7) is 0. The van der Waals surface area contributed by atoms with Gasteiger partial charge in [0.1, 0.15) is 0 Å². The zero-order valence-corrected chi connectivity index (χ0v) is 24.8. The van der Waals surface area contributed by atoms with Crippen LogP contribution >= 0.6 is 0 Å². The van der Waals surface area contributed by atoms with Crippen molar-refractivity contribution >= 4 is 28.3 Å². The Bertz CT molecular complexity index is 2340. The van der Waals surface area contributed by atoms with Gasteiger partial charge >= 0.3 is 0 Å². The fraction of sp³-hybridized carbons (Fsp3) is 0. The minimum absolute atomic E-state index is 0.224. The predicted molar refractivity (Wildman–Crippen MR) is 188 cm³/mol. The molecule has 0 atom stereocenters. The summed E-state index contributed by atoms with van der Waals surface area (Å²) in [5.74, 6) is 1.81. The lowest BCUT2D eigenvalue weighted by Crippen LogP contribution is -2.16. The highest BCUT2D eigenvalue weighted by Crippen LogP contribution is 2.33. The lowest BCUT2D eigenvalue weighted by molar-refractivity contribution is 1.07. The summed E-state index contributed by atoms with van der Waals surface area (Å²) in [7, 11) is 0. The van der Waals surface area contributed by atoms with Crippen molar-refractivity contribution in [2.45, 2.75) is 0 Å². The Labute approximate surface area is 266 Å². The molecule has 0 saturated carbocycles. The molecule has 0 unspecified atom stereocenters. The van der Waals surface area contributed by atoms with E-state index >= 15 is 0 Å². The van der Waals surface area contributed by atoms with Gasteiger partial charge in [-0.15, -0.1) is 0 Å².